The molecule has 39 heavy (non-hydrogen) atoms. The lowest BCUT2D eigenvalue weighted by Gasteiger charge is -2.41. The number of nitrogens with one attached hydrogen (secondary N) is 1. The molecule has 10 N–H and O–H groups in total. The highest BCUT2D eigenvalue weighted by Crippen LogP contribution is 2.42. The summed E-state index contributed by atoms with van der Waals surface area (Å²) in [6.07, 6.45) is 1.42. The zero-order valence-corrected chi connectivity index (χ0v) is 20.9. The van der Waals surface area contributed by atoms with E-state index in [1.807, 2.05) is 24.3 Å². The summed E-state index contributed by atoms with van der Waals surface area (Å²) in [5, 5.41) is 73.5. The van der Waals surface area contributed by atoms with Gasteiger partial charge in [0.25, 0.3) is 0 Å². The number of hydrogen-bond donors (Lipinski definition) is 9. The third kappa shape index (κ3) is 6.12. The van der Waals surface area contributed by atoms with E-state index in [1.165, 1.54) is 30.5 Å². The first kappa shape index (κ1) is 28.6. The Bertz CT molecular complexity index is 1410. The average molecular weight is 553 g/mol. The summed E-state index contributed by atoms with van der Waals surface area (Å²) >= 11 is 0.103. The van der Waals surface area contributed by atoms with Crippen LogP contribution in [0.1, 0.15) is 5.56 Å². The van der Waals surface area contributed by atoms with E-state index in [4.69, 9.17) is 23.2 Å². The van der Waals surface area contributed by atoms with E-state index >= 15 is 0 Å². The number of aromatic nitrogens is 3. The molecule has 2 heterocycles. The van der Waals surface area contributed by atoms with Crippen LogP contribution in [0.3, 0.4) is 0 Å². The van der Waals surface area contributed by atoms with Crippen molar-refractivity contribution >= 4 is 25.4 Å². The molecule has 1 atom stereocenters. The van der Waals surface area contributed by atoms with Gasteiger partial charge in [0.2, 0.25) is 4.93 Å². The van der Waals surface area contributed by atoms with Crippen molar-refractivity contribution in [3.05, 3.63) is 66.4 Å². The standard InChI is InChI=1S/C24H24BN5O8S/c25-23(33,34)22(32,24(35,36)37)39-16-7-5-15(6-8-16)18-11-28-21(26)20(29-18)19-9-17(30-38-19)14-3-1-13(2-4-14)10-27-12-31/h1-9,11,27,31-37H,10,12H2,(H2,26,28). The summed E-state index contributed by atoms with van der Waals surface area (Å²) in [5.41, 5.74) is 5.91. The van der Waals surface area contributed by atoms with Crippen LogP contribution in [0, 0.1) is 0 Å². The Kier molecular flexibility index (Phi) is 8.08. The van der Waals surface area contributed by atoms with Crippen molar-refractivity contribution in [1.82, 2.24) is 20.4 Å². The van der Waals surface area contributed by atoms with E-state index in [9.17, 15) is 30.6 Å². The summed E-state index contributed by atoms with van der Waals surface area (Å²) in [4.78, 5) is 5.36. The number of nitrogens with two attached hydrogens (primary N) is 1. The van der Waals surface area contributed by atoms with Crippen molar-refractivity contribution in [2.75, 3.05) is 12.5 Å². The number of anilines is 1. The second-order valence-electron chi connectivity index (χ2n) is 8.48. The van der Waals surface area contributed by atoms with E-state index in [2.05, 4.69) is 20.4 Å². The van der Waals surface area contributed by atoms with Crippen LogP contribution in [0.4, 0.5) is 5.82 Å². The highest BCUT2D eigenvalue weighted by Gasteiger charge is 2.60. The molecular formula is C24H24BN5O8S. The molecule has 0 saturated carbocycles. The van der Waals surface area contributed by atoms with Gasteiger partial charge in [0, 0.05) is 28.6 Å². The molecule has 0 saturated heterocycles. The molecule has 202 valence electrons. The van der Waals surface area contributed by atoms with Gasteiger partial charge >= 0.3 is 5.97 Å². The predicted octanol–water partition coefficient (Wildman–Crippen LogP) is -0.695. The Morgan fingerprint density at radius 3 is 2.13 bits per heavy atom. The van der Waals surface area contributed by atoms with Crippen molar-refractivity contribution in [3.63, 3.8) is 0 Å². The molecule has 0 spiro atoms. The third-order valence-corrected chi connectivity index (χ3v) is 6.98. The monoisotopic (exact) mass is 553 g/mol. The topological polar surface area (TPSA) is 231 Å². The normalized spacial score (nSPS) is 13.8. The van der Waals surface area contributed by atoms with E-state index in [1.54, 1.807) is 6.07 Å². The lowest BCUT2D eigenvalue weighted by Crippen LogP contribution is -2.66. The van der Waals surface area contributed by atoms with Gasteiger partial charge in [0.1, 0.15) is 5.69 Å². The van der Waals surface area contributed by atoms with E-state index in [0.717, 1.165) is 11.1 Å². The molecule has 2 aromatic heterocycles. The Morgan fingerprint density at radius 2 is 1.54 bits per heavy atom. The second kappa shape index (κ2) is 11.0. The Morgan fingerprint density at radius 1 is 0.923 bits per heavy atom. The van der Waals surface area contributed by atoms with Crippen LogP contribution in [0.25, 0.3) is 34.0 Å². The number of nitrogens with zero attached hydrogens (tertiary/aromatic N) is 3. The molecule has 13 nitrogen and oxygen atoms in total. The van der Waals surface area contributed by atoms with Crippen LogP contribution >= 0.6 is 11.8 Å². The molecule has 0 bridgehead atoms. The Balaban J connectivity index is 1.57. The van der Waals surface area contributed by atoms with Crippen LogP contribution in [-0.4, -0.2) is 82.0 Å². The number of hydrogen-bond acceptors (Lipinski definition) is 14. The largest absolute Gasteiger partial charge is 0.382 e. The Labute approximate surface area is 227 Å². The van der Waals surface area contributed by atoms with Crippen LogP contribution in [0.2, 0.25) is 0 Å². The molecule has 15 heteroatoms. The summed E-state index contributed by atoms with van der Waals surface area (Å²) < 4.78 is 5.47. The van der Waals surface area contributed by atoms with Gasteiger partial charge in [-0.2, -0.15) is 0 Å². The SMILES string of the molecule is [B]C(O)(O)C(O)(Sc1ccc(-c2cnc(N)c(-c3cc(-c4ccc(CNCO)cc4)no3)n2)cc1)C(O)(O)O. The quantitative estimate of drug-likeness (QED) is 0.0672. The van der Waals surface area contributed by atoms with Crippen LogP contribution in [0.5, 0.6) is 0 Å². The Hall–Kier alpha value is -3.38. The molecule has 0 amide bonds. The number of benzene rings is 2. The molecule has 4 aromatic rings. The maximum atomic E-state index is 10.3. The molecule has 0 aliphatic rings. The zero-order valence-electron chi connectivity index (χ0n) is 20.1. The fraction of sp³-hybridized carbons (Fsp3) is 0.208. The van der Waals surface area contributed by atoms with Crippen molar-refractivity contribution < 1.29 is 40.3 Å². The molecule has 0 fully saturated rings. The van der Waals surface area contributed by atoms with Gasteiger partial charge in [-0.1, -0.05) is 53.3 Å². The number of aliphatic hydroxyl groups is 7. The first-order valence-corrected chi connectivity index (χ1v) is 12.1. The van der Waals surface area contributed by atoms with Gasteiger partial charge in [0.15, 0.2) is 30.8 Å². The molecule has 0 aliphatic carbocycles. The van der Waals surface area contributed by atoms with Gasteiger partial charge in [-0.3, -0.25) is 5.32 Å². The van der Waals surface area contributed by atoms with E-state index in [-0.39, 0.29) is 40.7 Å². The molecule has 4 rings (SSSR count). The minimum Gasteiger partial charge on any atom is -0.382 e. The van der Waals surface area contributed by atoms with Crippen LogP contribution < -0.4 is 11.1 Å². The average Bonchev–Trinajstić information content (AvgIpc) is 3.37. The second-order valence-corrected chi connectivity index (χ2v) is 9.75. The molecule has 0 aliphatic heterocycles. The summed E-state index contributed by atoms with van der Waals surface area (Å²) in [6.45, 7) is 0.393. The van der Waals surface area contributed by atoms with Crippen LogP contribution in [0.15, 0.2) is 70.2 Å². The van der Waals surface area contributed by atoms with E-state index in [0.29, 0.717) is 23.5 Å². The van der Waals surface area contributed by atoms with Crippen molar-refractivity contribution in [1.29, 1.82) is 0 Å². The summed E-state index contributed by atoms with van der Waals surface area (Å²) in [5.74, 6) is -3.59. The molecule has 2 radical (unpaired) electrons. The smallest absolute Gasteiger partial charge is 0.321 e. The van der Waals surface area contributed by atoms with Gasteiger partial charge in [0.05, 0.1) is 18.6 Å². The summed E-state index contributed by atoms with van der Waals surface area (Å²) in [7, 11) is 5.02. The van der Waals surface area contributed by atoms with Gasteiger partial charge < -0.3 is 46.0 Å². The molecule has 2 aromatic carbocycles. The van der Waals surface area contributed by atoms with E-state index < -0.39 is 16.6 Å². The van der Waals surface area contributed by atoms with Gasteiger partial charge in [-0.05, 0) is 17.7 Å². The van der Waals surface area contributed by atoms with Gasteiger partial charge in [-0.15, -0.1) is 0 Å². The summed E-state index contributed by atoms with van der Waals surface area (Å²) in [6, 6.07) is 15.0. The lowest BCUT2D eigenvalue weighted by molar-refractivity contribution is -0.402. The highest BCUT2D eigenvalue weighted by molar-refractivity contribution is 8.00. The first-order valence-electron chi connectivity index (χ1n) is 11.3. The van der Waals surface area contributed by atoms with Crippen molar-refractivity contribution in [3.8, 4) is 34.0 Å². The van der Waals surface area contributed by atoms with Crippen LogP contribution in [-0.2, 0) is 6.54 Å². The number of nitrogen functional groups attached to an aromatic ring is 1. The van der Waals surface area contributed by atoms with Crippen molar-refractivity contribution in [2.45, 2.75) is 28.0 Å². The number of thioether (sulfide) groups is 1. The highest BCUT2D eigenvalue weighted by atomic mass is 32.2. The lowest BCUT2D eigenvalue weighted by atomic mass is 9.87. The fourth-order valence-electron chi connectivity index (χ4n) is 3.49. The number of rotatable bonds is 10. The zero-order chi connectivity index (χ0) is 28.4. The maximum Gasteiger partial charge on any atom is 0.321 e. The molecule has 1 unspecified atom stereocenters. The predicted molar refractivity (Wildman–Crippen MR) is 140 cm³/mol. The third-order valence-electron chi connectivity index (χ3n) is 5.60. The fourth-order valence-corrected chi connectivity index (χ4v) is 4.39. The minimum absolute atomic E-state index is 0.0855. The van der Waals surface area contributed by atoms with Crippen molar-refractivity contribution in [2.24, 2.45) is 0 Å². The maximum absolute atomic E-state index is 10.3. The first-order chi connectivity index (χ1) is 18.3. The minimum atomic E-state index is -3.96. The number of aliphatic hydroxyl groups excluding tert-OH is 1. The van der Waals surface area contributed by atoms with Gasteiger partial charge in [-0.25, -0.2) is 9.97 Å². The molecular weight excluding hydrogens is 529 g/mol.